The van der Waals surface area contributed by atoms with Gasteiger partial charge in [-0.25, -0.2) is 4.79 Å². The van der Waals surface area contributed by atoms with E-state index in [2.05, 4.69) is 6.58 Å². The van der Waals surface area contributed by atoms with E-state index in [4.69, 9.17) is 9.47 Å². The van der Waals surface area contributed by atoms with Gasteiger partial charge in [0, 0.05) is 11.5 Å². The topological polar surface area (TPSA) is 35.5 Å². The Morgan fingerprint density at radius 1 is 1.50 bits per heavy atom. The van der Waals surface area contributed by atoms with Gasteiger partial charge in [0.1, 0.15) is 0 Å². The SMILES string of the molecule is C=C(C)C(=O)OCCCCC1COC1. The minimum absolute atomic E-state index is 0.281. The van der Waals surface area contributed by atoms with Crippen molar-refractivity contribution >= 4 is 5.97 Å². The molecule has 1 heterocycles. The van der Waals surface area contributed by atoms with E-state index in [-0.39, 0.29) is 5.97 Å². The van der Waals surface area contributed by atoms with E-state index in [0.717, 1.165) is 32.0 Å². The van der Waals surface area contributed by atoms with E-state index in [9.17, 15) is 4.79 Å². The van der Waals surface area contributed by atoms with Crippen molar-refractivity contribution in [1.82, 2.24) is 0 Å². The average Bonchev–Trinajstić information content (AvgIpc) is 2.07. The fraction of sp³-hybridized carbons (Fsp3) is 0.727. The third-order valence-electron chi connectivity index (χ3n) is 2.30. The molecule has 0 saturated carbocycles. The molecule has 3 heteroatoms. The third-order valence-corrected chi connectivity index (χ3v) is 2.30. The molecule has 0 atom stereocenters. The number of ether oxygens (including phenoxy) is 2. The average molecular weight is 198 g/mol. The first-order valence-electron chi connectivity index (χ1n) is 5.10. The van der Waals surface area contributed by atoms with Crippen LogP contribution in [0, 0.1) is 5.92 Å². The van der Waals surface area contributed by atoms with Crippen LogP contribution in [0.3, 0.4) is 0 Å². The van der Waals surface area contributed by atoms with E-state index in [0.29, 0.717) is 12.2 Å². The first-order chi connectivity index (χ1) is 6.70. The van der Waals surface area contributed by atoms with Gasteiger partial charge >= 0.3 is 5.97 Å². The number of rotatable bonds is 6. The zero-order valence-electron chi connectivity index (χ0n) is 8.75. The van der Waals surface area contributed by atoms with Crippen molar-refractivity contribution in [1.29, 1.82) is 0 Å². The second kappa shape index (κ2) is 5.81. The van der Waals surface area contributed by atoms with E-state index in [1.165, 1.54) is 6.42 Å². The standard InChI is InChI=1S/C11H18O3/c1-9(2)11(12)14-6-4-3-5-10-7-13-8-10/h10H,1,3-8H2,2H3. The molecule has 3 nitrogen and oxygen atoms in total. The molecule has 0 radical (unpaired) electrons. The lowest BCUT2D eigenvalue weighted by molar-refractivity contribution is -0.139. The summed E-state index contributed by atoms with van der Waals surface area (Å²) >= 11 is 0. The molecule has 80 valence electrons. The fourth-order valence-corrected chi connectivity index (χ4v) is 1.27. The molecule has 1 rings (SSSR count). The number of hydrogen-bond acceptors (Lipinski definition) is 3. The van der Waals surface area contributed by atoms with E-state index in [1.807, 2.05) is 0 Å². The summed E-state index contributed by atoms with van der Waals surface area (Å²) in [6.45, 7) is 7.50. The molecule has 0 aromatic rings. The second-order valence-electron chi connectivity index (χ2n) is 3.82. The normalized spacial score (nSPS) is 16.1. The molecule has 0 aromatic heterocycles. The fourth-order valence-electron chi connectivity index (χ4n) is 1.27. The first-order valence-corrected chi connectivity index (χ1v) is 5.10. The van der Waals surface area contributed by atoms with Crippen LogP contribution >= 0.6 is 0 Å². The first kappa shape index (κ1) is 11.2. The summed E-state index contributed by atoms with van der Waals surface area (Å²) in [5.41, 5.74) is 0.470. The van der Waals surface area contributed by atoms with Crippen LogP contribution in [0.5, 0.6) is 0 Å². The van der Waals surface area contributed by atoms with Gasteiger partial charge in [-0.2, -0.15) is 0 Å². The molecule has 0 spiro atoms. The van der Waals surface area contributed by atoms with Crippen LogP contribution in [-0.4, -0.2) is 25.8 Å². The van der Waals surface area contributed by atoms with Crippen molar-refractivity contribution in [3.63, 3.8) is 0 Å². The molecule has 0 unspecified atom stereocenters. The molecule has 14 heavy (non-hydrogen) atoms. The van der Waals surface area contributed by atoms with Crippen LogP contribution in [-0.2, 0) is 14.3 Å². The predicted octanol–water partition coefficient (Wildman–Crippen LogP) is 1.92. The van der Waals surface area contributed by atoms with Crippen molar-refractivity contribution in [2.45, 2.75) is 26.2 Å². The van der Waals surface area contributed by atoms with Gasteiger partial charge in [0.05, 0.1) is 19.8 Å². The minimum Gasteiger partial charge on any atom is -0.462 e. The molecule has 0 bridgehead atoms. The van der Waals surface area contributed by atoms with Gasteiger partial charge in [0.15, 0.2) is 0 Å². The van der Waals surface area contributed by atoms with Gasteiger partial charge in [-0.3, -0.25) is 0 Å². The Labute approximate surface area is 85.1 Å². The Bertz CT molecular complexity index is 207. The molecule has 1 saturated heterocycles. The summed E-state index contributed by atoms with van der Waals surface area (Å²) < 4.78 is 10.0. The van der Waals surface area contributed by atoms with Gasteiger partial charge in [0.2, 0.25) is 0 Å². The Hall–Kier alpha value is -0.830. The van der Waals surface area contributed by atoms with Crippen LogP contribution < -0.4 is 0 Å². The third kappa shape index (κ3) is 3.92. The molecule has 1 aliphatic rings. The van der Waals surface area contributed by atoms with E-state index >= 15 is 0 Å². The summed E-state index contributed by atoms with van der Waals surface area (Å²) in [5.74, 6) is 0.462. The highest BCUT2D eigenvalue weighted by Gasteiger charge is 2.17. The smallest absolute Gasteiger partial charge is 0.333 e. The van der Waals surface area contributed by atoms with Crippen molar-refractivity contribution in [2.24, 2.45) is 5.92 Å². The Morgan fingerprint density at radius 2 is 2.21 bits per heavy atom. The maximum absolute atomic E-state index is 11.0. The van der Waals surface area contributed by atoms with Crippen molar-refractivity contribution in [2.75, 3.05) is 19.8 Å². The lowest BCUT2D eigenvalue weighted by Crippen LogP contribution is -2.27. The van der Waals surface area contributed by atoms with Crippen molar-refractivity contribution < 1.29 is 14.3 Å². The summed E-state index contributed by atoms with van der Waals surface area (Å²) in [6.07, 6.45) is 3.23. The Kier molecular flexibility index (Phi) is 4.66. The largest absolute Gasteiger partial charge is 0.462 e. The van der Waals surface area contributed by atoms with E-state index < -0.39 is 0 Å². The number of esters is 1. The zero-order chi connectivity index (χ0) is 10.4. The van der Waals surface area contributed by atoms with Crippen molar-refractivity contribution in [3.8, 4) is 0 Å². The highest BCUT2D eigenvalue weighted by molar-refractivity contribution is 5.86. The van der Waals surface area contributed by atoms with Gasteiger partial charge in [-0.05, 0) is 26.2 Å². The highest BCUT2D eigenvalue weighted by atomic mass is 16.5. The molecular formula is C11H18O3. The zero-order valence-corrected chi connectivity index (χ0v) is 8.75. The molecule has 1 aliphatic heterocycles. The van der Waals surface area contributed by atoms with Crippen LogP contribution in [0.1, 0.15) is 26.2 Å². The van der Waals surface area contributed by atoms with E-state index in [1.54, 1.807) is 6.92 Å². The van der Waals surface area contributed by atoms with Crippen LogP contribution in [0.25, 0.3) is 0 Å². The maximum atomic E-state index is 11.0. The summed E-state index contributed by atoms with van der Waals surface area (Å²) in [5, 5.41) is 0. The molecular weight excluding hydrogens is 180 g/mol. The summed E-state index contributed by atoms with van der Waals surface area (Å²) in [6, 6.07) is 0. The second-order valence-corrected chi connectivity index (χ2v) is 3.82. The lowest BCUT2D eigenvalue weighted by atomic mass is 10.0. The van der Waals surface area contributed by atoms with Crippen LogP contribution in [0.2, 0.25) is 0 Å². The quantitative estimate of drug-likeness (QED) is 0.371. The predicted molar refractivity (Wildman–Crippen MR) is 53.9 cm³/mol. The maximum Gasteiger partial charge on any atom is 0.333 e. The number of carbonyl (C=O) groups is 1. The van der Waals surface area contributed by atoms with Gasteiger partial charge in [-0.15, -0.1) is 0 Å². The Morgan fingerprint density at radius 3 is 2.71 bits per heavy atom. The minimum atomic E-state index is -0.281. The van der Waals surface area contributed by atoms with Crippen molar-refractivity contribution in [3.05, 3.63) is 12.2 Å². The van der Waals surface area contributed by atoms with Crippen LogP contribution in [0.4, 0.5) is 0 Å². The molecule has 0 aliphatic carbocycles. The molecule has 0 amide bonds. The van der Waals surface area contributed by atoms with Crippen LogP contribution in [0.15, 0.2) is 12.2 Å². The Balaban J connectivity index is 1.88. The molecule has 0 N–H and O–H groups in total. The number of hydrogen-bond donors (Lipinski definition) is 0. The monoisotopic (exact) mass is 198 g/mol. The number of unbranched alkanes of at least 4 members (excludes halogenated alkanes) is 1. The van der Waals surface area contributed by atoms with Gasteiger partial charge in [-0.1, -0.05) is 6.58 Å². The number of carbonyl (C=O) groups excluding carboxylic acids is 1. The lowest BCUT2D eigenvalue weighted by Gasteiger charge is -2.25. The van der Waals surface area contributed by atoms with Gasteiger partial charge in [0.25, 0.3) is 0 Å². The van der Waals surface area contributed by atoms with Gasteiger partial charge < -0.3 is 9.47 Å². The molecule has 0 aromatic carbocycles. The molecule has 1 fully saturated rings. The summed E-state index contributed by atoms with van der Waals surface area (Å²) in [4.78, 5) is 11.0. The summed E-state index contributed by atoms with van der Waals surface area (Å²) in [7, 11) is 0. The highest BCUT2D eigenvalue weighted by Crippen LogP contribution is 2.17.